The molecule has 3 N–H and O–H groups in total. The van der Waals surface area contributed by atoms with Crippen LogP contribution in [0.4, 0.5) is 0 Å². The maximum atomic E-state index is 5.70. The van der Waals surface area contributed by atoms with Crippen molar-refractivity contribution < 1.29 is 4.74 Å². The van der Waals surface area contributed by atoms with Crippen LogP contribution in [0.3, 0.4) is 0 Å². The lowest BCUT2D eigenvalue weighted by Crippen LogP contribution is -2.49. The normalized spacial score (nSPS) is 36.7. The van der Waals surface area contributed by atoms with E-state index in [0.717, 1.165) is 19.5 Å². The smallest absolute Gasteiger partial charge is 0.0746 e. The van der Waals surface area contributed by atoms with Gasteiger partial charge in [0, 0.05) is 19.7 Å². The monoisotopic (exact) mass is 130 g/mol. The fourth-order valence-electron chi connectivity index (χ4n) is 1.15. The second-order valence-electron chi connectivity index (χ2n) is 2.43. The van der Waals surface area contributed by atoms with Crippen LogP contribution in [0, 0.1) is 0 Å². The van der Waals surface area contributed by atoms with Gasteiger partial charge in [-0.15, -0.1) is 0 Å². The van der Waals surface area contributed by atoms with Crippen molar-refractivity contribution in [1.29, 1.82) is 0 Å². The van der Waals surface area contributed by atoms with Crippen molar-refractivity contribution in [2.75, 3.05) is 20.2 Å². The lowest BCUT2D eigenvalue weighted by Gasteiger charge is -2.27. The summed E-state index contributed by atoms with van der Waals surface area (Å²) in [5.74, 6) is 0. The molecule has 0 amide bonds. The predicted octanol–water partition coefficient (Wildman–Crippen LogP) is -0.678. The van der Waals surface area contributed by atoms with Gasteiger partial charge in [-0.1, -0.05) is 0 Å². The van der Waals surface area contributed by atoms with Gasteiger partial charge < -0.3 is 15.8 Å². The summed E-state index contributed by atoms with van der Waals surface area (Å²) in [5.41, 5.74) is 5.70. The minimum Gasteiger partial charge on any atom is -0.380 e. The second-order valence-corrected chi connectivity index (χ2v) is 2.43. The summed E-state index contributed by atoms with van der Waals surface area (Å²) in [6.07, 6.45) is 1.31. The van der Waals surface area contributed by atoms with Crippen molar-refractivity contribution in [2.24, 2.45) is 5.73 Å². The van der Waals surface area contributed by atoms with Gasteiger partial charge in [-0.2, -0.15) is 0 Å². The first-order chi connectivity index (χ1) is 4.34. The third-order valence-electron chi connectivity index (χ3n) is 1.77. The van der Waals surface area contributed by atoms with Crippen LogP contribution in [0.15, 0.2) is 0 Å². The maximum Gasteiger partial charge on any atom is 0.0746 e. The largest absolute Gasteiger partial charge is 0.380 e. The topological polar surface area (TPSA) is 47.3 Å². The average Bonchev–Trinajstić information content (AvgIpc) is 1.89. The summed E-state index contributed by atoms with van der Waals surface area (Å²) in [5, 5.41) is 3.19. The van der Waals surface area contributed by atoms with Gasteiger partial charge in [-0.05, 0) is 13.0 Å². The first-order valence-electron chi connectivity index (χ1n) is 3.33. The van der Waals surface area contributed by atoms with Crippen molar-refractivity contribution in [1.82, 2.24) is 5.32 Å². The molecule has 0 aromatic carbocycles. The number of methoxy groups -OCH3 is 1. The molecule has 0 spiro atoms. The number of rotatable bonds is 1. The molecule has 1 saturated heterocycles. The van der Waals surface area contributed by atoms with Gasteiger partial charge in [0.2, 0.25) is 0 Å². The Labute approximate surface area is 55.6 Å². The van der Waals surface area contributed by atoms with E-state index < -0.39 is 0 Å². The van der Waals surface area contributed by atoms with Gasteiger partial charge in [-0.3, -0.25) is 0 Å². The Balaban J connectivity index is 2.30. The van der Waals surface area contributed by atoms with Crippen molar-refractivity contribution >= 4 is 0 Å². The standard InChI is InChI=1S/C6H14N2O/c1-9-6-2-3-8-4-5(6)7/h5-6,8H,2-4,7H2,1H3/t5-,6-/m0/s1. The third kappa shape index (κ3) is 1.64. The van der Waals surface area contributed by atoms with E-state index in [1.54, 1.807) is 7.11 Å². The number of nitrogens with one attached hydrogen (secondary N) is 1. The molecule has 1 aliphatic rings. The zero-order valence-corrected chi connectivity index (χ0v) is 5.76. The van der Waals surface area contributed by atoms with Gasteiger partial charge >= 0.3 is 0 Å². The van der Waals surface area contributed by atoms with E-state index in [9.17, 15) is 0 Å². The predicted molar refractivity (Wildman–Crippen MR) is 36.3 cm³/mol. The molecule has 0 saturated carbocycles. The van der Waals surface area contributed by atoms with E-state index >= 15 is 0 Å². The number of hydrogen-bond donors (Lipinski definition) is 2. The summed E-state index contributed by atoms with van der Waals surface area (Å²) in [7, 11) is 1.72. The van der Waals surface area contributed by atoms with Gasteiger partial charge in [0.1, 0.15) is 0 Å². The second kappa shape index (κ2) is 3.15. The van der Waals surface area contributed by atoms with Crippen LogP contribution in [0.1, 0.15) is 6.42 Å². The molecule has 0 bridgehead atoms. The Morgan fingerprint density at radius 2 is 2.44 bits per heavy atom. The fourth-order valence-corrected chi connectivity index (χ4v) is 1.15. The molecule has 1 aliphatic heterocycles. The molecule has 3 nitrogen and oxygen atoms in total. The summed E-state index contributed by atoms with van der Waals surface area (Å²) < 4.78 is 5.14. The molecule has 9 heavy (non-hydrogen) atoms. The van der Waals surface area contributed by atoms with Gasteiger partial charge in [0.25, 0.3) is 0 Å². The molecule has 0 aliphatic carbocycles. The number of nitrogens with two attached hydrogens (primary N) is 1. The summed E-state index contributed by atoms with van der Waals surface area (Å²) in [6, 6.07) is 0.184. The van der Waals surface area contributed by atoms with E-state index in [0.29, 0.717) is 0 Å². The van der Waals surface area contributed by atoms with E-state index in [1.165, 1.54) is 0 Å². The molecule has 0 radical (unpaired) electrons. The molecule has 0 aromatic rings. The molecular weight excluding hydrogens is 116 g/mol. The van der Waals surface area contributed by atoms with Crippen LogP contribution >= 0.6 is 0 Å². The SMILES string of the molecule is CO[C@H]1CCNC[C@@H]1N. The van der Waals surface area contributed by atoms with Gasteiger partial charge in [0.05, 0.1) is 6.10 Å². The minimum absolute atomic E-state index is 0.184. The number of hydrogen-bond acceptors (Lipinski definition) is 3. The van der Waals surface area contributed by atoms with E-state index in [-0.39, 0.29) is 12.1 Å². The molecule has 2 atom stereocenters. The van der Waals surface area contributed by atoms with Crippen molar-refractivity contribution in [3.05, 3.63) is 0 Å². The Hall–Kier alpha value is -0.120. The zero-order valence-electron chi connectivity index (χ0n) is 5.76. The molecule has 1 heterocycles. The molecule has 1 rings (SSSR count). The van der Waals surface area contributed by atoms with Crippen LogP contribution in [-0.2, 0) is 4.74 Å². The number of piperidine rings is 1. The highest BCUT2D eigenvalue weighted by molar-refractivity contribution is 4.80. The molecule has 1 fully saturated rings. The molecule has 0 unspecified atom stereocenters. The first kappa shape index (κ1) is 6.99. The van der Waals surface area contributed by atoms with Gasteiger partial charge in [0.15, 0.2) is 0 Å². The highest BCUT2D eigenvalue weighted by Crippen LogP contribution is 2.03. The first-order valence-corrected chi connectivity index (χ1v) is 3.33. The van der Waals surface area contributed by atoms with Crippen LogP contribution in [0.2, 0.25) is 0 Å². The van der Waals surface area contributed by atoms with Gasteiger partial charge in [-0.25, -0.2) is 0 Å². The Morgan fingerprint density at radius 1 is 1.67 bits per heavy atom. The highest BCUT2D eigenvalue weighted by Gasteiger charge is 2.19. The van der Waals surface area contributed by atoms with Crippen molar-refractivity contribution in [2.45, 2.75) is 18.6 Å². The van der Waals surface area contributed by atoms with E-state index in [1.807, 2.05) is 0 Å². The van der Waals surface area contributed by atoms with E-state index in [2.05, 4.69) is 5.32 Å². The Kier molecular flexibility index (Phi) is 2.45. The number of ether oxygens (including phenoxy) is 1. The Bertz CT molecular complexity index is 87.1. The highest BCUT2D eigenvalue weighted by atomic mass is 16.5. The Morgan fingerprint density at radius 3 is 2.89 bits per heavy atom. The van der Waals surface area contributed by atoms with Crippen molar-refractivity contribution in [3.8, 4) is 0 Å². The van der Waals surface area contributed by atoms with Crippen LogP contribution in [-0.4, -0.2) is 32.3 Å². The lowest BCUT2D eigenvalue weighted by molar-refractivity contribution is 0.0606. The van der Waals surface area contributed by atoms with Crippen LogP contribution < -0.4 is 11.1 Å². The minimum atomic E-state index is 0.184. The summed E-state index contributed by atoms with van der Waals surface area (Å²) in [4.78, 5) is 0. The molecule has 54 valence electrons. The zero-order chi connectivity index (χ0) is 6.69. The lowest BCUT2D eigenvalue weighted by atomic mass is 10.1. The maximum absolute atomic E-state index is 5.70. The van der Waals surface area contributed by atoms with E-state index in [4.69, 9.17) is 10.5 Å². The van der Waals surface area contributed by atoms with Crippen LogP contribution in [0.5, 0.6) is 0 Å². The molecule has 3 heteroatoms. The van der Waals surface area contributed by atoms with Crippen molar-refractivity contribution in [3.63, 3.8) is 0 Å². The third-order valence-corrected chi connectivity index (χ3v) is 1.77. The summed E-state index contributed by atoms with van der Waals surface area (Å²) >= 11 is 0. The molecule has 0 aromatic heterocycles. The average molecular weight is 130 g/mol. The van der Waals surface area contributed by atoms with Crippen LogP contribution in [0.25, 0.3) is 0 Å². The summed E-state index contributed by atoms with van der Waals surface area (Å²) in [6.45, 7) is 1.92. The molecular formula is C6H14N2O. The fraction of sp³-hybridized carbons (Fsp3) is 1.00. The quantitative estimate of drug-likeness (QED) is 0.494.